The lowest BCUT2D eigenvalue weighted by atomic mass is 9.95. The number of hydrogen-bond donors (Lipinski definition) is 1. The van der Waals surface area contributed by atoms with Crippen LogP contribution in [0.3, 0.4) is 0 Å². The Balaban J connectivity index is 2.08. The first-order valence-electron chi connectivity index (χ1n) is 9.99. The third-order valence-corrected chi connectivity index (χ3v) is 5.07. The molecule has 1 atom stereocenters. The Hall–Kier alpha value is -3.45. The molecule has 0 radical (unpaired) electrons. The highest BCUT2D eigenvalue weighted by Gasteiger charge is 2.45. The van der Waals surface area contributed by atoms with E-state index in [2.05, 4.69) is 6.58 Å². The molecule has 0 aliphatic carbocycles. The monoisotopic (exact) mass is 424 g/mol. The van der Waals surface area contributed by atoms with Crippen LogP contribution >= 0.6 is 0 Å². The van der Waals surface area contributed by atoms with E-state index < -0.39 is 29.3 Å². The number of likely N-dealkylation sites (tertiary alicyclic amines) is 1. The summed E-state index contributed by atoms with van der Waals surface area (Å²) in [5.41, 5.74) is 0.122. The van der Waals surface area contributed by atoms with Gasteiger partial charge in [0.1, 0.15) is 18.2 Å². The molecule has 162 valence electrons. The fraction of sp³-hybridized carbons (Fsp3) is 0.250. The Labute approximate surface area is 180 Å². The number of ketones is 1. The molecule has 1 heterocycles. The van der Waals surface area contributed by atoms with Crippen molar-refractivity contribution in [3.63, 3.8) is 0 Å². The zero-order valence-electron chi connectivity index (χ0n) is 17.6. The summed E-state index contributed by atoms with van der Waals surface area (Å²) >= 11 is 0. The second-order valence-electron chi connectivity index (χ2n) is 7.58. The molecule has 1 saturated heterocycles. The average Bonchev–Trinajstić information content (AvgIpc) is 3.01. The van der Waals surface area contributed by atoms with Crippen LogP contribution in [-0.4, -0.2) is 50.4 Å². The largest absolute Gasteiger partial charge is 0.872 e. The normalized spacial score (nSPS) is 17.9. The van der Waals surface area contributed by atoms with Crippen LogP contribution in [0.2, 0.25) is 0 Å². The van der Waals surface area contributed by atoms with E-state index in [4.69, 9.17) is 4.74 Å². The molecule has 0 saturated carbocycles. The molecule has 6 nitrogen and oxygen atoms in total. The number of quaternary nitrogens is 1. The Morgan fingerprint density at radius 2 is 1.87 bits per heavy atom. The Morgan fingerprint density at radius 3 is 2.48 bits per heavy atom. The lowest BCUT2D eigenvalue weighted by molar-refractivity contribution is -0.857. The van der Waals surface area contributed by atoms with E-state index in [9.17, 15) is 19.1 Å². The predicted octanol–water partition coefficient (Wildman–Crippen LogP) is 0.759. The van der Waals surface area contributed by atoms with Crippen molar-refractivity contribution in [1.82, 2.24) is 4.90 Å². The highest BCUT2D eigenvalue weighted by molar-refractivity contribution is 6.46. The average molecular weight is 424 g/mol. The van der Waals surface area contributed by atoms with E-state index in [1.165, 1.54) is 35.2 Å². The zero-order valence-corrected chi connectivity index (χ0v) is 17.6. The summed E-state index contributed by atoms with van der Waals surface area (Å²) in [6, 6.07) is 11.1. The number of amides is 1. The van der Waals surface area contributed by atoms with Crippen molar-refractivity contribution in [2.45, 2.75) is 6.04 Å². The number of hydrogen-bond acceptors (Lipinski definition) is 4. The molecule has 2 aromatic carbocycles. The fourth-order valence-electron chi connectivity index (χ4n) is 3.48. The van der Waals surface area contributed by atoms with E-state index in [0.717, 1.165) is 4.90 Å². The van der Waals surface area contributed by atoms with Crippen molar-refractivity contribution in [3.05, 3.63) is 83.7 Å². The molecule has 2 aromatic rings. The highest BCUT2D eigenvalue weighted by atomic mass is 19.1. The first kappa shape index (κ1) is 22.2. The number of rotatable bonds is 8. The Bertz CT molecular complexity index is 1010. The second-order valence-corrected chi connectivity index (χ2v) is 7.58. The minimum absolute atomic E-state index is 0.129. The molecule has 0 bridgehead atoms. The number of carbonyl (C=O) groups is 2. The Morgan fingerprint density at radius 1 is 1.19 bits per heavy atom. The van der Waals surface area contributed by atoms with Gasteiger partial charge in [0, 0.05) is 11.1 Å². The third kappa shape index (κ3) is 4.67. The van der Waals surface area contributed by atoms with Crippen LogP contribution in [0.1, 0.15) is 17.2 Å². The summed E-state index contributed by atoms with van der Waals surface area (Å²) in [7, 11) is 3.82. The molecule has 1 fully saturated rings. The van der Waals surface area contributed by atoms with Crippen molar-refractivity contribution in [2.75, 3.05) is 33.8 Å². The van der Waals surface area contributed by atoms with Crippen molar-refractivity contribution >= 4 is 17.4 Å². The van der Waals surface area contributed by atoms with Crippen LogP contribution in [0.5, 0.6) is 5.75 Å². The number of ether oxygens (including phenoxy) is 1. The number of likely N-dealkylation sites (N-methyl/N-ethyl adjacent to an activating group) is 1. The number of Topliss-reactive ketones (excluding diaryl/α,β-unsaturated/α-hetero) is 1. The van der Waals surface area contributed by atoms with Crippen LogP contribution < -0.4 is 14.7 Å². The van der Waals surface area contributed by atoms with E-state index in [1.807, 2.05) is 14.1 Å². The minimum Gasteiger partial charge on any atom is -0.872 e. The van der Waals surface area contributed by atoms with Crippen LogP contribution in [0.25, 0.3) is 5.76 Å². The lowest BCUT2D eigenvalue weighted by Crippen LogP contribution is -3.06. The molecule has 1 aliphatic rings. The van der Waals surface area contributed by atoms with Gasteiger partial charge in [0.15, 0.2) is 0 Å². The van der Waals surface area contributed by atoms with Crippen molar-refractivity contribution in [2.24, 2.45) is 0 Å². The van der Waals surface area contributed by atoms with Gasteiger partial charge in [-0.3, -0.25) is 9.59 Å². The topological polar surface area (TPSA) is 74.1 Å². The second kappa shape index (κ2) is 9.57. The molecule has 0 spiro atoms. The number of halogens is 1. The van der Waals surface area contributed by atoms with Gasteiger partial charge in [-0.25, -0.2) is 4.39 Å². The molecular formula is C24H25FN2O4. The zero-order chi connectivity index (χ0) is 22.5. The predicted molar refractivity (Wildman–Crippen MR) is 113 cm³/mol. The molecular weight excluding hydrogens is 399 g/mol. The van der Waals surface area contributed by atoms with Gasteiger partial charge in [0.2, 0.25) is 5.78 Å². The van der Waals surface area contributed by atoms with Crippen LogP contribution in [0.4, 0.5) is 4.39 Å². The van der Waals surface area contributed by atoms with Gasteiger partial charge < -0.3 is 19.6 Å². The molecule has 1 unspecified atom stereocenters. The molecule has 1 N–H and O–H groups in total. The maximum Gasteiger partial charge on any atom is 0.295 e. The van der Waals surface area contributed by atoms with Gasteiger partial charge >= 0.3 is 0 Å². The number of nitrogens with one attached hydrogen (secondary N) is 1. The summed E-state index contributed by atoms with van der Waals surface area (Å²) in [6.45, 7) is 4.65. The maximum atomic E-state index is 14.7. The van der Waals surface area contributed by atoms with Crippen molar-refractivity contribution in [1.29, 1.82) is 0 Å². The fourth-order valence-corrected chi connectivity index (χ4v) is 3.48. The number of carbonyl (C=O) groups excluding carboxylic acids is 2. The molecule has 7 heteroatoms. The summed E-state index contributed by atoms with van der Waals surface area (Å²) in [5.74, 6) is -2.31. The standard InChI is InChI=1S/C24H25FN2O4/c1-4-15-31-17-11-9-16(10-12-17)22(28)20-21(18-7-5-6-8-19(18)25)27(14-13-26(2)3)24(30)23(20)29/h4-12,21,28H,1,13-15H2,2-3H3. The molecule has 31 heavy (non-hydrogen) atoms. The van der Waals surface area contributed by atoms with Gasteiger partial charge in [0.05, 0.1) is 33.2 Å². The van der Waals surface area contributed by atoms with E-state index in [0.29, 0.717) is 18.9 Å². The van der Waals surface area contributed by atoms with Gasteiger partial charge in [-0.2, -0.15) is 0 Å². The molecule has 3 rings (SSSR count). The minimum atomic E-state index is -1.07. The number of nitrogens with zero attached hydrogens (tertiary/aromatic N) is 1. The van der Waals surface area contributed by atoms with Crippen LogP contribution in [0.15, 0.2) is 66.8 Å². The van der Waals surface area contributed by atoms with E-state index >= 15 is 0 Å². The maximum absolute atomic E-state index is 14.7. The summed E-state index contributed by atoms with van der Waals surface area (Å²) in [6.07, 6.45) is 1.60. The van der Waals surface area contributed by atoms with Gasteiger partial charge in [-0.1, -0.05) is 48.7 Å². The Kier molecular flexibility index (Phi) is 6.87. The summed E-state index contributed by atoms with van der Waals surface area (Å²) < 4.78 is 20.1. The van der Waals surface area contributed by atoms with Crippen molar-refractivity contribution < 1.29 is 28.7 Å². The van der Waals surface area contributed by atoms with E-state index in [-0.39, 0.29) is 23.2 Å². The van der Waals surface area contributed by atoms with Gasteiger partial charge in [-0.15, -0.1) is 0 Å². The lowest BCUT2D eigenvalue weighted by Gasteiger charge is -2.28. The first-order valence-corrected chi connectivity index (χ1v) is 9.99. The SMILES string of the molecule is C=CCOc1ccc(C([O-])=C2C(=O)C(=O)N(CC[NH+](C)C)C2c2ccccc2F)cc1. The summed E-state index contributed by atoms with van der Waals surface area (Å²) in [5, 5.41) is 13.3. The van der Waals surface area contributed by atoms with Crippen LogP contribution in [0, 0.1) is 5.82 Å². The summed E-state index contributed by atoms with van der Waals surface area (Å²) in [4.78, 5) is 28.0. The molecule has 1 aliphatic heterocycles. The first-order chi connectivity index (χ1) is 14.8. The third-order valence-electron chi connectivity index (χ3n) is 5.07. The van der Waals surface area contributed by atoms with Gasteiger partial charge in [-0.05, 0) is 23.8 Å². The molecule has 0 aromatic heterocycles. The molecule has 1 amide bonds. The highest BCUT2D eigenvalue weighted by Crippen LogP contribution is 2.39. The van der Waals surface area contributed by atoms with E-state index in [1.54, 1.807) is 24.3 Å². The smallest absolute Gasteiger partial charge is 0.295 e. The quantitative estimate of drug-likeness (QED) is 0.294. The number of benzene rings is 2. The van der Waals surface area contributed by atoms with Crippen LogP contribution in [-0.2, 0) is 9.59 Å². The van der Waals surface area contributed by atoms with Crippen molar-refractivity contribution in [3.8, 4) is 5.75 Å². The van der Waals surface area contributed by atoms with Gasteiger partial charge in [0.25, 0.3) is 5.91 Å².